The van der Waals surface area contributed by atoms with E-state index in [4.69, 9.17) is 0 Å². The number of piperazine rings is 1. The van der Waals surface area contributed by atoms with Gasteiger partial charge in [-0.25, -0.2) is 0 Å². The van der Waals surface area contributed by atoms with Crippen LogP contribution in [0.15, 0.2) is 0 Å². The highest BCUT2D eigenvalue weighted by atomic mass is 32.2. The fourth-order valence-electron chi connectivity index (χ4n) is 4.05. The van der Waals surface area contributed by atoms with Crippen molar-refractivity contribution in [3.8, 4) is 0 Å². The fourth-order valence-corrected chi connectivity index (χ4v) is 5.18. The Labute approximate surface area is 130 Å². The summed E-state index contributed by atoms with van der Waals surface area (Å²) >= 11 is 2.18. The molecular weight excluding hydrogens is 264 g/mol. The molecule has 0 amide bonds. The lowest BCUT2D eigenvalue weighted by Crippen LogP contribution is -2.59. The van der Waals surface area contributed by atoms with Crippen molar-refractivity contribution in [3.05, 3.63) is 0 Å². The highest BCUT2D eigenvalue weighted by Crippen LogP contribution is 2.34. The Bertz CT molecular complexity index is 282. The molecule has 2 aliphatic rings. The minimum absolute atomic E-state index is 0.718. The van der Waals surface area contributed by atoms with Gasteiger partial charge in [0.1, 0.15) is 0 Å². The Morgan fingerprint density at radius 3 is 2.70 bits per heavy atom. The van der Waals surface area contributed by atoms with E-state index in [-0.39, 0.29) is 0 Å². The molecule has 2 nitrogen and oxygen atoms in total. The number of nitrogens with zero attached hydrogens (tertiary/aromatic N) is 1. The van der Waals surface area contributed by atoms with Crippen LogP contribution in [0.5, 0.6) is 0 Å². The van der Waals surface area contributed by atoms with Gasteiger partial charge in [-0.05, 0) is 43.8 Å². The van der Waals surface area contributed by atoms with Gasteiger partial charge in [0.25, 0.3) is 0 Å². The molecule has 1 aliphatic heterocycles. The average molecular weight is 299 g/mol. The minimum Gasteiger partial charge on any atom is -0.311 e. The van der Waals surface area contributed by atoms with Gasteiger partial charge < -0.3 is 5.32 Å². The summed E-state index contributed by atoms with van der Waals surface area (Å²) in [6, 6.07) is 2.35. The van der Waals surface area contributed by atoms with Crippen molar-refractivity contribution in [2.45, 2.75) is 83.2 Å². The van der Waals surface area contributed by atoms with Crippen molar-refractivity contribution >= 4 is 11.8 Å². The predicted octanol–water partition coefficient (Wildman–Crippen LogP) is 3.76. The van der Waals surface area contributed by atoms with Crippen LogP contribution < -0.4 is 5.32 Å². The molecule has 1 N–H and O–H groups in total. The van der Waals surface area contributed by atoms with Crippen molar-refractivity contribution < 1.29 is 0 Å². The summed E-state index contributed by atoms with van der Waals surface area (Å²) in [6.45, 7) is 11.8. The summed E-state index contributed by atoms with van der Waals surface area (Å²) in [6.07, 6.45) is 6.93. The third-order valence-electron chi connectivity index (χ3n) is 5.00. The number of thioether (sulfide) groups is 1. The van der Waals surface area contributed by atoms with Crippen LogP contribution in [0, 0.1) is 5.92 Å². The zero-order chi connectivity index (χ0) is 14.5. The summed E-state index contributed by atoms with van der Waals surface area (Å²) in [5, 5.41) is 4.73. The Hall–Kier alpha value is 0.270. The lowest BCUT2D eigenvalue weighted by Gasteiger charge is -2.44. The molecule has 118 valence electrons. The van der Waals surface area contributed by atoms with Crippen LogP contribution in [0.25, 0.3) is 0 Å². The Balaban J connectivity index is 1.92. The quantitative estimate of drug-likeness (QED) is 0.804. The first kappa shape index (κ1) is 16.6. The van der Waals surface area contributed by atoms with Crippen LogP contribution in [0.3, 0.4) is 0 Å². The second-order valence-electron chi connectivity index (χ2n) is 7.04. The SMILES string of the molecule is CCSC1CCC(N2CC(CC(C)C)NCC2CC)C1. The predicted molar refractivity (Wildman–Crippen MR) is 91.6 cm³/mol. The van der Waals surface area contributed by atoms with E-state index >= 15 is 0 Å². The first-order valence-electron chi connectivity index (χ1n) is 8.74. The molecule has 0 aromatic rings. The molecule has 1 saturated heterocycles. The number of rotatable bonds is 6. The van der Waals surface area contributed by atoms with E-state index in [1.165, 1.54) is 50.9 Å². The molecule has 0 radical (unpaired) electrons. The normalized spacial score (nSPS) is 35.9. The molecule has 20 heavy (non-hydrogen) atoms. The first-order chi connectivity index (χ1) is 9.63. The van der Waals surface area contributed by atoms with E-state index in [9.17, 15) is 0 Å². The van der Waals surface area contributed by atoms with Crippen molar-refractivity contribution in [1.82, 2.24) is 10.2 Å². The molecule has 1 saturated carbocycles. The van der Waals surface area contributed by atoms with Gasteiger partial charge in [0.05, 0.1) is 0 Å². The lowest BCUT2D eigenvalue weighted by molar-refractivity contribution is 0.0757. The van der Waals surface area contributed by atoms with E-state index in [2.05, 4.69) is 49.7 Å². The van der Waals surface area contributed by atoms with Gasteiger partial charge in [0.15, 0.2) is 0 Å². The monoisotopic (exact) mass is 298 g/mol. The number of nitrogens with one attached hydrogen (secondary N) is 1. The van der Waals surface area contributed by atoms with E-state index in [1.807, 2.05) is 0 Å². The van der Waals surface area contributed by atoms with Gasteiger partial charge in [-0.2, -0.15) is 11.8 Å². The van der Waals surface area contributed by atoms with Crippen LogP contribution in [0.1, 0.15) is 59.8 Å². The van der Waals surface area contributed by atoms with Crippen molar-refractivity contribution in [2.24, 2.45) is 5.92 Å². The van der Waals surface area contributed by atoms with Gasteiger partial charge >= 0.3 is 0 Å². The maximum Gasteiger partial charge on any atom is 0.0221 e. The van der Waals surface area contributed by atoms with Crippen LogP contribution >= 0.6 is 11.8 Å². The zero-order valence-electron chi connectivity index (χ0n) is 13.9. The van der Waals surface area contributed by atoms with Crippen LogP contribution in [-0.4, -0.2) is 47.1 Å². The van der Waals surface area contributed by atoms with Crippen LogP contribution in [0.4, 0.5) is 0 Å². The molecule has 0 bridgehead atoms. The maximum absolute atomic E-state index is 3.79. The van der Waals surface area contributed by atoms with Crippen LogP contribution in [-0.2, 0) is 0 Å². The summed E-state index contributed by atoms with van der Waals surface area (Å²) in [4.78, 5) is 2.87. The average Bonchev–Trinajstić information content (AvgIpc) is 2.87. The Kier molecular flexibility index (Phi) is 6.70. The lowest BCUT2D eigenvalue weighted by atomic mass is 9.97. The second kappa shape index (κ2) is 8.05. The molecule has 0 aromatic carbocycles. The molecule has 1 aliphatic carbocycles. The molecule has 0 spiro atoms. The second-order valence-corrected chi connectivity index (χ2v) is 8.62. The van der Waals surface area contributed by atoms with E-state index in [0.717, 1.165) is 29.3 Å². The largest absolute Gasteiger partial charge is 0.311 e. The molecule has 0 aromatic heterocycles. The summed E-state index contributed by atoms with van der Waals surface area (Å²) in [7, 11) is 0. The summed E-state index contributed by atoms with van der Waals surface area (Å²) < 4.78 is 0. The number of hydrogen-bond acceptors (Lipinski definition) is 3. The summed E-state index contributed by atoms with van der Waals surface area (Å²) in [5.74, 6) is 2.09. The number of hydrogen-bond donors (Lipinski definition) is 1. The fraction of sp³-hybridized carbons (Fsp3) is 1.00. The molecule has 4 atom stereocenters. The van der Waals surface area contributed by atoms with Crippen molar-refractivity contribution in [2.75, 3.05) is 18.8 Å². The molecule has 1 heterocycles. The molecule has 2 fully saturated rings. The standard InChI is InChI=1S/C17H34N2S/c1-5-15-11-18-14(9-13(3)4)12-19(15)16-7-8-17(10-16)20-6-2/h13-18H,5-12H2,1-4H3. The summed E-state index contributed by atoms with van der Waals surface area (Å²) in [5.41, 5.74) is 0. The van der Waals surface area contributed by atoms with E-state index < -0.39 is 0 Å². The van der Waals surface area contributed by atoms with Gasteiger partial charge in [0.2, 0.25) is 0 Å². The van der Waals surface area contributed by atoms with Crippen LogP contribution in [0.2, 0.25) is 0 Å². The van der Waals surface area contributed by atoms with Crippen molar-refractivity contribution in [3.63, 3.8) is 0 Å². The van der Waals surface area contributed by atoms with Crippen molar-refractivity contribution in [1.29, 1.82) is 0 Å². The molecule has 4 unspecified atom stereocenters. The topological polar surface area (TPSA) is 15.3 Å². The highest BCUT2D eigenvalue weighted by molar-refractivity contribution is 7.99. The van der Waals surface area contributed by atoms with E-state index in [1.54, 1.807) is 0 Å². The Morgan fingerprint density at radius 2 is 2.05 bits per heavy atom. The minimum atomic E-state index is 0.718. The molecule has 3 heteroatoms. The third-order valence-corrected chi connectivity index (χ3v) is 6.23. The zero-order valence-corrected chi connectivity index (χ0v) is 14.7. The van der Waals surface area contributed by atoms with E-state index in [0.29, 0.717) is 0 Å². The molecular formula is C17H34N2S. The smallest absolute Gasteiger partial charge is 0.0221 e. The highest BCUT2D eigenvalue weighted by Gasteiger charge is 2.36. The Morgan fingerprint density at radius 1 is 1.25 bits per heavy atom. The van der Waals surface area contributed by atoms with Gasteiger partial charge in [0, 0.05) is 36.5 Å². The first-order valence-corrected chi connectivity index (χ1v) is 9.79. The van der Waals surface area contributed by atoms with Gasteiger partial charge in [-0.15, -0.1) is 0 Å². The third kappa shape index (κ3) is 4.38. The van der Waals surface area contributed by atoms with Gasteiger partial charge in [-0.3, -0.25) is 4.90 Å². The maximum atomic E-state index is 3.79. The van der Waals surface area contributed by atoms with Gasteiger partial charge in [-0.1, -0.05) is 27.7 Å². The molecule has 2 rings (SSSR count).